The quantitative estimate of drug-likeness (QED) is 0.523. The number of aryl methyl sites for hydroxylation is 2. The van der Waals surface area contributed by atoms with Crippen LogP contribution >= 0.6 is 0 Å². The van der Waals surface area contributed by atoms with Gasteiger partial charge in [0.25, 0.3) is 0 Å². The lowest BCUT2D eigenvalue weighted by Gasteiger charge is -2.07. The maximum absolute atomic E-state index is 4.15. The third-order valence-corrected chi connectivity index (χ3v) is 4.17. The van der Waals surface area contributed by atoms with Crippen molar-refractivity contribution in [1.29, 1.82) is 0 Å². The normalized spacial score (nSPS) is 11.5. The Morgan fingerprint density at radius 1 is 0.773 bits per heavy atom. The summed E-state index contributed by atoms with van der Waals surface area (Å²) in [6.45, 7) is 1.96. The smallest absolute Gasteiger partial charge is 0.137 e. The Labute approximate surface area is 129 Å². The Kier molecular flexibility index (Phi) is 3.35. The van der Waals surface area contributed by atoms with Gasteiger partial charge in [0.15, 0.2) is 0 Å². The predicted octanol–water partition coefficient (Wildman–Crippen LogP) is 3.87. The Balaban J connectivity index is 1.59. The van der Waals surface area contributed by atoms with Crippen molar-refractivity contribution in [3.63, 3.8) is 0 Å². The second kappa shape index (κ2) is 5.64. The van der Waals surface area contributed by atoms with E-state index in [4.69, 9.17) is 0 Å². The van der Waals surface area contributed by atoms with Crippen LogP contribution in [-0.4, -0.2) is 19.3 Å². The van der Waals surface area contributed by atoms with Crippen molar-refractivity contribution in [2.24, 2.45) is 0 Å². The van der Waals surface area contributed by atoms with Crippen LogP contribution in [0.25, 0.3) is 21.8 Å². The van der Waals surface area contributed by atoms with E-state index in [1.165, 1.54) is 21.8 Å². The highest BCUT2D eigenvalue weighted by molar-refractivity contribution is 6.07. The second-order valence-corrected chi connectivity index (χ2v) is 5.55. The molecule has 4 nitrogen and oxygen atoms in total. The fourth-order valence-electron chi connectivity index (χ4n) is 3.14. The maximum atomic E-state index is 4.15. The molecule has 0 aliphatic carbocycles. The van der Waals surface area contributed by atoms with Crippen molar-refractivity contribution in [1.82, 2.24) is 19.3 Å². The van der Waals surface area contributed by atoms with Gasteiger partial charge in [0.05, 0.1) is 0 Å². The van der Waals surface area contributed by atoms with Gasteiger partial charge in [0, 0.05) is 34.9 Å². The van der Waals surface area contributed by atoms with Gasteiger partial charge in [-0.1, -0.05) is 36.4 Å². The zero-order chi connectivity index (χ0) is 14.8. The van der Waals surface area contributed by atoms with Crippen LogP contribution in [0.2, 0.25) is 0 Å². The Bertz CT molecular complexity index is 837. The second-order valence-electron chi connectivity index (χ2n) is 5.55. The third-order valence-electron chi connectivity index (χ3n) is 4.17. The lowest BCUT2D eigenvalue weighted by Crippen LogP contribution is -2.02. The van der Waals surface area contributed by atoms with Gasteiger partial charge in [-0.25, -0.2) is 4.98 Å². The number of para-hydroxylation sites is 2. The van der Waals surface area contributed by atoms with Gasteiger partial charge in [0.2, 0.25) is 0 Å². The summed E-state index contributed by atoms with van der Waals surface area (Å²) in [5.74, 6) is 0. The monoisotopic (exact) mass is 290 g/mol. The van der Waals surface area contributed by atoms with Gasteiger partial charge in [-0.15, -0.1) is 0 Å². The number of hydrogen-bond acceptors (Lipinski definition) is 2. The molecule has 0 unspecified atom stereocenters. The zero-order valence-corrected chi connectivity index (χ0v) is 12.4. The van der Waals surface area contributed by atoms with Crippen LogP contribution in [0.3, 0.4) is 0 Å². The van der Waals surface area contributed by atoms with E-state index in [2.05, 4.69) is 63.2 Å². The molecule has 22 heavy (non-hydrogen) atoms. The molecule has 0 aliphatic heterocycles. The molecular weight excluding hydrogens is 272 g/mol. The summed E-state index contributed by atoms with van der Waals surface area (Å²) in [6, 6.07) is 17.3. The average molecular weight is 290 g/mol. The van der Waals surface area contributed by atoms with Crippen molar-refractivity contribution >= 4 is 21.8 Å². The molecule has 4 aromatic rings. The van der Waals surface area contributed by atoms with Gasteiger partial charge in [-0.2, -0.15) is 5.10 Å². The molecule has 0 atom stereocenters. The van der Waals surface area contributed by atoms with Crippen LogP contribution in [0.5, 0.6) is 0 Å². The first-order chi connectivity index (χ1) is 10.9. The summed E-state index contributed by atoms with van der Waals surface area (Å²) in [5, 5.41) is 6.83. The summed E-state index contributed by atoms with van der Waals surface area (Å²) in [4.78, 5) is 3.98. The van der Waals surface area contributed by atoms with Crippen LogP contribution in [0, 0.1) is 0 Å². The van der Waals surface area contributed by atoms with Gasteiger partial charge < -0.3 is 4.57 Å². The minimum Gasteiger partial charge on any atom is -0.340 e. The van der Waals surface area contributed by atoms with Gasteiger partial charge in [-0.05, 0) is 25.0 Å². The summed E-state index contributed by atoms with van der Waals surface area (Å²) in [7, 11) is 0. The first-order valence-corrected chi connectivity index (χ1v) is 7.72. The van der Waals surface area contributed by atoms with Crippen molar-refractivity contribution in [3.8, 4) is 0 Å². The van der Waals surface area contributed by atoms with E-state index < -0.39 is 0 Å². The maximum Gasteiger partial charge on any atom is 0.137 e. The van der Waals surface area contributed by atoms with E-state index in [9.17, 15) is 0 Å². The first-order valence-electron chi connectivity index (χ1n) is 7.72. The van der Waals surface area contributed by atoms with E-state index in [0.717, 1.165) is 25.9 Å². The van der Waals surface area contributed by atoms with Crippen LogP contribution in [-0.2, 0) is 13.1 Å². The standard InChI is InChI=1S/C18H18N4/c1-3-9-17-15(7-1)16-8-2-4-10-18(16)22(17)12-6-5-11-21-14-19-13-20-21/h1-4,7-10,13-14H,5-6,11-12H2. The van der Waals surface area contributed by atoms with Gasteiger partial charge in [-0.3, -0.25) is 4.68 Å². The number of hydrogen-bond donors (Lipinski definition) is 0. The molecule has 2 aromatic heterocycles. The van der Waals surface area contributed by atoms with E-state index in [-0.39, 0.29) is 0 Å². The summed E-state index contributed by atoms with van der Waals surface area (Å²) in [5.41, 5.74) is 2.65. The predicted molar refractivity (Wildman–Crippen MR) is 88.7 cm³/mol. The molecule has 0 fully saturated rings. The van der Waals surface area contributed by atoms with Gasteiger partial charge in [0.1, 0.15) is 12.7 Å². The van der Waals surface area contributed by atoms with Crippen molar-refractivity contribution in [3.05, 3.63) is 61.2 Å². The number of aromatic nitrogens is 4. The molecule has 0 spiro atoms. The fourth-order valence-corrected chi connectivity index (χ4v) is 3.14. The fraction of sp³-hybridized carbons (Fsp3) is 0.222. The van der Waals surface area contributed by atoms with Crippen LogP contribution in [0.4, 0.5) is 0 Å². The van der Waals surface area contributed by atoms with E-state index in [1.807, 2.05) is 4.68 Å². The first kappa shape index (κ1) is 13.1. The van der Waals surface area contributed by atoms with E-state index in [0.29, 0.717) is 0 Å². The lowest BCUT2D eigenvalue weighted by atomic mass is 10.2. The highest BCUT2D eigenvalue weighted by atomic mass is 15.3. The SMILES string of the molecule is c1ccc2c(c1)c1ccccc1n2CCCCn1cncn1. The molecule has 4 heteroatoms. The molecule has 2 heterocycles. The molecular formula is C18H18N4. The molecule has 110 valence electrons. The van der Waals surface area contributed by atoms with Crippen molar-refractivity contribution in [2.75, 3.05) is 0 Å². The third kappa shape index (κ3) is 2.26. The zero-order valence-electron chi connectivity index (χ0n) is 12.4. The molecule has 0 amide bonds. The number of unbranched alkanes of at least 4 members (excludes halogenated alkanes) is 1. The summed E-state index contributed by atoms with van der Waals surface area (Å²) >= 11 is 0. The molecule has 0 saturated heterocycles. The number of benzene rings is 2. The molecule has 0 saturated carbocycles. The Morgan fingerprint density at radius 3 is 2.05 bits per heavy atom. The molecule has 0 radical (unpaired) electrons. The van der Waals surface area contributed by atoms with Crippen molar-refractivity contribution in [2.45, 2.75) is 25.9 Å². The molecule has 0 N–H and O–H groups in total. The van der Waals surface area contributed by atoms with Crippen LogP contribution in [0.15, 0.2) is 61.2 Å². The summed E-state index contributed by atoms with van der Waals surface area (Å²) < 4.78 is 4.33. The van der Waals surface area contributed by atoms with Gasteiger partial charge >= 0.3 is 0 Å². The highest BCUT2D eigenvalue weighted by Gasteiger charge is 2.08. The average Bonchev–Trinajstić information content (AvgIpc) is 3.18. The highest BCUT2D eigenvalue weighted by Crippen LogP contribution is 2.28. The van der Waals surface area contributed by atoms with Crippen LogP contribution in [0.1, 0.15) is 12.8 Å². The van der Waals surface area contributed by atoms with Crippen LogP contribution < -0.4 is 0 Å². The largest absolute Gasteiger partial charge is 0.340 e. The molecule has 4 rings (SSSR count). The number of rotatable bonds is 5. The van der Waals surface area contributed by atoms with E-state index >= 15 is 0 Å². The Hall–Kier alpha value is -2.62. The number of nitrogens with zero attached hydrogens (tertiary/aromatic N) is 4. The summed E-state index contributed by atoms with van der Waals surface area (Å²) in [6.07, 6.45) is 5.60. The minimum atomic E-state index is 0.928. The van der Waals surface area contributed by atoms with E-state index in [1.54, 1.807) is 12.7 Å². The minimum absolute atomic E-state index is 0.928. The molecule has 0 bridgehead atoms. The van der Waals surface area contributed by atoms with Crippen molar-refractivity contribution < 1.29 is 0 Å². The number of fused-ring (bicyclic) bond motifs is 3. The molecule has 2 aromatic carbocycles. The topological polar surface area (TPSA) is 35.6 Å². The lowest BCUT2D eigenvalue weighted by molar-refractivity contribution is 0.530. The molecule has 0 aliphatic rings. The Morgan fingerprint density at radius 2 is 1.41 bits per heavy atom.